The van der Waals surface area contributed by atoms with Crippen molar-refractivity contribution in [3.8, 4) is 0 Å². The van der Waals surface area contributed by atoms with E-state index < -0.39 is 23.2 Å². The van der Waals surface area contributed by atoms with E-state index >= 15 is 0 Å². The summed E-state index contributed by atoms with van der Waals surface area (Å²) in [5.41, 5.74) is 5.03. The molecule has 1 aliphatic rings. The summed E-state index contributed by atoms with van der Waals surface area (Å²) >= 11 is 0. The number of hydrogen-bond acceptors (Lipinski definition) is 6. The monoisotopic (exact) mass is 291 g/mol. The van der Waals surface area contributed by atoms with Crippen LogP contribution in [-0.2, 0) is 9.31 Å². The number of hydrogen-bond donors (Lipinski definition) is 1. The predicted octanol–water partition coefficient (Wildman–Crippen LogP) is 2.22. The lowest BCUT2D eigenvalue weighted by molar-refractivity contribution is -0.384. The summed E-state index contributed by atoms with van der Waals surface area (Å²) in [6.07, 6.45) is 2.92. The molecule has 0 aliphatic carbocycles. The molecule has 1 fully saturated rings. The van der Waals surface area contributed by atoms with Gasteiger partial charge in [0.1, 0.15) is 5.69 Å². The van der Waals surface area contributed by atoms with Gasteiger partial charge in [0.15, 0.2) is 0 Å². The highest BCUT2D eigenvalue weighted by Gasteiger charge is 2.50. The molecule has 2 heterocycles. The fraction of sp³-hybridized carbons (Fsp3) is 0.462. The molecule has 0 spiro atoms. The molecule has 0 radical (unpaired) electrons. The van der Waals surface area contributed by atoms with E-state index in [0.717, 1.165) is 0 Å². The second-order valence-electron chi connectivity index (χ2n) is 5.87. The molecule has 2 N–H and O–H groups in total. The van der Waals surface area contributed by atoms with Crippen molar-refractivity contribution >= 4 is 24.6 Å². The van der Waals surface area contributed by atoms with Crippen LogP contribution in [0, 0.1) is 10.1 Å². The first-order valence-corrected chi connectivity index (χ1v) is 6.57. The largest absolute Gasteiger partial charge is 0.487 e. The number of aromatic nitrogens is 1. The maximum Gasteiger partial charge on any atom is 0.487 e. The Labute approximate surface area is 123 Å². The minimum Gasteiger partial charge on any atom is -0.400 e. The standard InChI is InChI=1S/C13H18BN3O4/c1-12(2)13(3,4)21-14(20-12)7-5-9-11(15)10(17(18)19)6-8-16-9/h5-8H,15H2,1-4H3/b7-5+. The van der Waals surface area contributed by atoms with Crippen molar-refractivity contribution in [3.05, 3.63) is 34.0 Å². The van der Waals surface area contributed by atoms with Crippen molar-refractivity contribution in [2.45, 2.75) is 38.9 Å². The number of nitrogens with two attached hydrogens (primary N) is 1. The average Bonchev–Trinajstić information content (AvgIpc) is 2.56. The van der Waals surface area contributed by atoms with Crippen LogP contribution in [0.25, 0.3) is 6.08 Å². The highest BCUT2D eigenvalue weighted by Crippen LogP contribution is 2.37. The van der Waals surface area contributed by atoms with Crippen LogP contribution < -0.4 is 5.73 Å². The molecule has 1 aromatic heterocycles. The fourth-order valence-electron chi connectivity index (χ4n) is 1.91. The van der Waals surface area contributed by atoms with E-state index in [1.807, 2.05) is 27.7 Å². The lowest BCUT2D eigenvalue weighted by atomic mass is 9.89. The lowest BCUT2D eigenvalue weighted by Crippen LogP contribution is -2.41. The molecule has 0 aromatic carbocycles. The third-order valence-corrected chi connectivity index (χ3v) is 3.88. The Bertz CT molecular complexity index is 585. The van der Waals surface area contributed by atoms with Crippen LogP contribution in [-0.4, -0.2) is 28.2 Å². The third-order valence-electron chi connectivity index (χ3n) is 3.88. The number of rotatable bonds is 3. The van der Waals surface area contributed by atoms with E-state index in [4.69, 9.17) is 15.0 Å². The Balaban J connectivity index is 2.20. The number of nitro groups is 1. The van der Waals surface area contributed by atoms with Crippen LogP contribution in [0.2, 0.25) is 0 Å². The van der Waals surface area contributed by atoms with Crippen LogP contribution in [0.1, 0.15) is 33.4 Å². The van der Waals surface area contributed by atoms with Gasteiger partial charge in [0, 0.05) is 12.3 Å². The van der Waals surface area contributed by atoms with Crippen LogP contribution >= 0.6 is 0 Å². The molecule has 0 unspecified atom stereocenters. The van der Waals surface area contributed by atoms with Crippen molar-refractivity contribution in [2.75, 3.05) is 5.73 Å². The first kappa shape index (κ1) is 15.5. The van der Waals surface area contributed by atoms with Gasteiger partial charge < -0.3 is 15.0 Å². The van der Waals surface area contributed by atoms with Gasteiger partial charge in [-0.05, 0) is 33.8 Å². The molecular weight excluding hydrogens is 273 g/mol. The summed E-state index contributed by atoms with van der Waals surface area (Å²) < 4.78 is 11.6. The molecule has 21 heavy (non-hydrogen) atoms. The Morgan fingerprint density at radius 1 is 1.33 bits per heavy atom. The molecule has 8 heteroatoms. The van der Waals surface area contributed by atoms with E-state index in [9.17, 15) is 10.1 Å². The molecule has 1 saturated heterocycles. The van der Waals surface area contributed by atoms with Crippen LogP contribution in [0.5, 0.6) is 0 Å². The molecule has 1 aliphatic heterocycles. The zero-order valence-corrected chi connectivity index (χ0v) is 12.5. The summed E-state index contributed by atoms with van der Waals surface area (Å²) in [7, 11) is -0.546. The van der Waals surface area contributed by atoms with Crippen molar-refractivity contribution in [3.63, 3.8) is 0 Å². The van der Waals surface area contributed by atoms with E-state index in [1.165, 1.54) is 12.3 Å². The first-order chi connectivity index (χ1) is 9.64. The minimum absolute atomic E-state index is 0.0234. The maximum absolute atomic E-state index is 10.8. The average molecular weight is 291 g/mol. The predicted molar refractivity (Wildman–Crippen MR) is 80.4 cm³/mol. The fourth-order valence-corrected chi connectivity index (χ4v) is 1.91. The van der Waals surface area contributed by atoms with Gasteiger partial charge in [-0.3, -0.25) is 15.1 Å². The van der Waals surface area contributed by atoms with Gasteiger partial charge in [0.25, 0.3) is 5.69 Å². The number of anilines is 1. The first-order valence-electron chi connectivity index (χ1n) is 6.57. The summed E-state index contributed by atoms with van der Waals surface area (Å²) in [5, 5.41) is 10.8. The number of nitrogens with zero attached hydrogens (tertiary/aromatic N) is 2. The maximum atomic E-state index is 10.8. The quantitative estimate of drug-likeness (QED) is 0.520. The molecule has 0 atom stereocenters. The number of nitrogen functional groups attached to an aromatic ring is 1. The van der Waals surface area contributed by atoms with Crippen molar-refractivity contribution < 1.29 is 14.2 Å². The van der Waals surface area contributed by atoms with E-state index in [1.54, 1.807) is 12.1 Å². The smallest absolute Gasteiger partial charge is 0.400 e. The summed E-state index contributed by atoms with van der Waals surface area (Å²) in [5.74, 6) is 1.65. The van der Waals surface area contributed by atoms with Gasteiger partial charge in [0.05, 0.1) is 21.8 Å². The summed E-state index contributed by atoms with van der Waals surface area (Å²) in [6, 6.07) is 1.27. The Morgan fingerprint density at radius 3 is 2.43 bits per heavy atom. The molecule has 0 bridgehead atoms. The highest BCUT2D eigenvalue weighted by molar-refractivity contribution is 6.52. The minimum atomic E-state index is -0.546. The molecule has 0 amide bonds. The molecule has 2 rings (SSSR count). The zero-order valence-electron chi connectivity index (χ0n) is 12.5. The topological polar surface area (TPSA) is 101 Å². The normalized spacial score (nSPS) is 20.1. The second kappa shape index (κ2) is 5.12. The Kier molecular flexibility index (Phi) is 3.77. The second-order valence-corrected chi connectivity index (χ2v) is 5.87. The van der Waals surface area contributed by atoms with Gasteiger partial charge in [-0.25, -0.2) is 0 Å². The third kappa shape index (κ3) is 2.91. The van der Waals surface area contributed by atoms with E-state index in [0.29, 0.717) is 5.69 Å². The van der Waals surface area contributed by atoms with Crippen molar-refractivity contribution in [2.24, 2.45) is 0 Å². The van der Waals surface area contributed by atoms with Crippen molar-refractivity contribution in [1.82, 2.24) is 4.98 Å². The molecular formula is C13H18BN3O4. The highest BCUT2D eigenvalue weighted by atomic mass is 16.7. The lowest BCUT2D eigenvalue weighted by Gasteiger charge is -2.32. The Morgan fingerprint density at radius 2 is 1.90 bits per heavy atom. The van der Waals surface area contributed by atoms with Gasteiger partial charge >= 0.3 is 7.12 Å². The molecule has 1 aromatic rings. The molecule has 0 saturated carbocycles. The van der Waals surface area contributed by atoms with Gasteiger partial charge in [-0.1, -0.05) is 5.98 Å². The van der Waals surface area contributed by atoms with Crippen LogP contribution in [0.15, 0.2) is 18.2 Å². The SMILES string of the molecule is CC1(C)OB(/C=C/c2nccc([N+](=O)[O-])c2N)OC1(C)C. The number of pyridine rings is 1. The summed E-state index contributed by atoms with van der Waals surface area (Å²) in [6.45, 7) is 7.78. The van der Waals surface area contributed by atoms with Gasteiger partial charge in [-0.15, -0.1) is 0 Å². The van der Waals surface area contributed by atoms with E-state index in [-0.39, 0.29) is 11.4 Å². The van der Waals surface area contributed by atoms with Crippen LogP contribution in [0.4, 0.5) is 11.4 Å². The van der Waals surface area contributed by atoms with Gasteiger partial charge in [0.2, 0.25) is 0 Å². The van der Waals surface area contributed by atoms with E-state index in [2.05, 4.69) is 4.98 Å². The van der Waals surface area contributed by atoms with Crippen molar-refractivity contribution in [1.29, 1.82) is 0 Å². The van der Waals surface area contributed by atoms with Gasteiger partial charge in [-0.2, -0.15) is 0 Å². The van der Waals surface area contributed by atoms with Crippen LogP contribution in [0.3, 0.4) is 0 Å². The zero-order chi connectivity index (χ0) is 15.8. The molecule has 112 valence electrons. The summed E-state index contributed by atoms with van der Waals surface area (Å²) in [4.78, 5) is 14.3. The molecule has 7 nitrogen and oxygen atoms in total. The Hall–Kier alpha value is -1.93.